The Bertz CT molecular complexity index is 635. The van der Waals surface area contributed by atoms with Gasteiger partial charge in [-0.05, 0) is 59.5 Å². The number of esters is 1. The summed E-state index contributed by atoms with van der Waals surface area (Å²) < 4.78 is 17.7. The molecular formula is C22H40O4Si2. The number of benzene rings is 1. The van der Waals surface area contributed by atoms with Gasteiger partial charge in [-0.25, -0.2) is 4.79 Å². The fourth-order valence-electron chi connectivity index (χ4n) is 2.13. The minimum absolute atomic E-state index is 0.140. The summed E-state index contributed by atoms with van der Waals surface area (Å²) in [6.45, 7) is 23.3. The van der Waals surface area contributed by atoms with Crippen LogP contribution in [0.5, 0.6) is 0 Å². The molecule has 0 atom stereocenters. The van der Waals surface area contributed by atoms with Gasteiger partial charge in [-0.1, -0.05) is 47.6 Å². The summed E-state index contributed by atoms with van der Waals surface area (Å²) in [5.74, 6) is -0.331. The number of rotatable bonds is 7. The van der Waals surface area contributed by atoms with Crippen LogP contribution >= 0.6 is 0 Å². The van der Waals surface area contributed by atoms with E-state index in [1.165, 1.54) is 7.11 Å². The molecule has 28 heavy (non-hydrogen) atoms. The van der Waals surface area contributed by atoms with Crippen molar-refractivity contribution in [3.8, 4) is 0 Å². The van der Waals surface area contributed by atoms with Crippen molar-refractivity contribution in [2.24, 2.45) is 0 Å². The maximum atomic E-state index is 12.2. The van der Waals surface area contributed by atoms with Gasteiger partial charge < -0.3 is 13.6 Å². The standard InChI is InChI=1S/C22H40O4Si2/c1-21(2,3)27(8,9)25-15-17-12-18(14-19(13-17)20(23)24-7)16-26-28(10,11)22(4,5)6/h12-14H,15-16H2,1-11H3. The van der Waals surface area contributed by atoms with E-state index in [4.69, 9.17) is 13.6 Å². The number of hydrogen-bond donors (Lipinski definition) is 0. The number of methoxy groups -OCH3 is 1. The molecule has 0 radical (unpaired) electrons. The third-order valence-electron chi connectivity index (χ3n) is 6.29. The van der Waals surface area contributed by atoms with Crippen LogP contribution in [0, 0.1) is 0 Å². The Labute approximate surface area is 174 Å². The SMILES string of the molecule is COC(=O)c1cc(CO[Si](C)(C)C(C)(C)C)cc(CO[Si](C)(C)C(C)(C)C)c1. The Morgan fingerprint density at radius 2 is 1.14 bits per heavy atom. The maximum Gasteiger partial charge on any atom is 0.337 e. The fraction of sp³-hybridized carbons (Fsp3) is 0.682. The van der Waals surface area contributed by atoms with Crippen molar-refractivity contribution in [3.05, 3.63) is 34.9 Å². The molecule has 0 aliphatic rings. The first kappa shape index (κ1) is 25.1. The smallest absolute Gasteiger partial charge is 0.337 e. The van der Waals surface area contributed by atoms with E-state index in [0.29, 0.717) is 18.8 Å². The van der Waals surface area contributed by atoms with Crippen molar-refractivity contribution in [2.75, 3.05) is 7.11 Å². The zero-order valence-electron chi connectivity index (χ0n) is 19.8. The van der Waals surface area contributed by atoms with Crippen molar-refractivity contribution in [1.82, 2.24) is 0 Å². The van der Waals surface area contributed by atoms with Gasteiger partial charge >= 0.3 is 5.97 Å². The highest BCUT2D eigenvalue weighted by molar-refractivity contribution is 6.74. The van der Waals surface area contributed by atoms with Crippen LogP contribution in [0.25, 0.3) is 0 Å². The molecular weight excluding hydrogens is 384 g/mol. The first-order valence-corrected chi connectivity index (χ1v) is 15.8. The zero-order valence-corrected chi connectivity index (χ0v) is 21.8. The second kappa shape index (κ2) is 8.82. The number of ether oxygens (including phenoxy) is 1. The van der Waals surface area contributed by atoms with Gasteiger partial charge in [0.25, 0.3) is 0 Å². The molecule has 160 valence electrons. The molecule has 0 bridgehead atoms. The largest absolute Gasteiger partial charge is 0.465 e. The molecule has 0 amide bonds. The molecule has 4 nitrogen and oxygen atoms in total. The monoisotopic (exact) mass is 424 g/mol. The van der Waals surface area contributed by atoms with Gasteiger partial charge in [0.2, 0.25) is 0 Å². The lowest BCUT2D eigenvalue weighted by Gasteiger charge is -2.36. The summed E-state index contributed by atoms with van der Waals surface area (Å²) in [5.41, 5.74) is 2.52. The lowest BCUT2D eigenvalue weighted by Crippen LogP contribution is -2.40. The number of hydrogen-bond acceptors (Lipinski definition) is 4. The van der Waals surface area contributed by atoms with E-state index in [0.717, 1.165) is 11.1 Å². The molecule has 0 aliphatic carbocycles. The Morgan fingerprint density at radius 3 is 1.43 bits per heavy atom. The highest BCUT2D eigenvalue weighted by Gasteiger charge is 2.38. The molecule has 0 unspecified atom stereocenters. The van der Waals surface area contributed by atoms with Crippen LogP contribution < -0.4 is 0 Å². The van der Waals surface area contributed by atoms with Gasteiger partial charge in [-0.3, -0.25) is 0 Å². The van der Waals surface area contributed by atoms with E-state index in [2.05, 4.69) is 73.8 Å². The van der Waals surface area contributed by atoms with Crippen molar-refractivity contribution in [1.29, 1.82) is 0 Å². The fourth-order valence-corrected chi connectivity index (χ4v) is 4.05. The Hall–Kier alpha value is -0.956. The lowest BCUT2D eigenvalue weighted by atomic mass is 10.1. The second-order valence-corrected chi connectivity index (χ2v) is 20.2. The third-order valence-corrected chi connectivity index (χ3v) is 15.2. The van der Waals surface area contributed by atoms with Gasteiger partial charge in [0.05, 0.1) is 25.9 Å². The maximum absolute atomic E-state index is 12.2. The van der Waals surface area contributed by atoms with E-state index < -0.39 is 16.6 Å². The minimum Gasteiger partial charge on any atom is -0.465 e. The van der Waals surface area contributed by atoms with Crippen molar-refractivity contribution < 1.29 is 18.4 Å². The normalized spacial score (nSPS) is 13.5. The molecule has 1 rings (SSSR count). The molecule has 0 aliphatic heterocycles. The summed E-state index contributed by atoms with van der Waals surface area (Å²) in [7, 11) is -2.33. The molecule has 0 fully saturated rings. The van der Waals surface area contributed by atoms with Gasteiger partial charge in [-0.2, -0.15) is 0 Å². The van der Waals surface area contributed by atoms with E-state index in [-0.39, 0.29) is 16.0 Å². The van der Waals surface area contributed by atoms with E-state index in [1.54, 1.807) is 0 Å². The van der Waals surface area contributed by atoms with Gasteiger partial charge in [0.1, 0.15) is 0 Å². The van der Waals surface area contributed by atoms with Crippen LogP contribution in [-0.2, 0) is 26.8 Å². The lowest BCUT2D eigenvalue weighted by molar-refractivity contribution is 0.0600. The van der Waals surface area contributed by atoms with Crippen LogP contribution in [0.3, 0.4) is 0 Å². The Morgan fingerprint density at radius 1 is 0.786 bits per heavy atom. The molecule has 0 heterocycles. The molecule has 1 aromatic rings. The third kappa shape index (κ3) is 6.54. The van der Waals surface area contributed by atoms with E-state index in [9.17, 15) is 4.79 Å². The van der Waals surface area contributed by atoms with Crippen molar-refractivity contribution in [3.63, 3.8) is 0 Å². The average Bonchev–Trinajstić information content (AvgIpc) is 2.55. The first-order valence-electron chi connectivity index (χ1n) is 9.99. The van der Waals surface area contributed by atoms with Crippen LogP contribution in [0.2, 0.25) is 36.3 Å². The predicted molar refractivity (Wildman–Crippen MR) is 122 cm³/mol. The predicted octanol–water partition coefficient (Wildman–Crippen LogP) is 6.52. The van der Waals surface area contributed by atoms with Crippen LogP contribution in [0.1, 0.15) is 63.0 Å². The van der Waals surface area contributed by atoms with Crippen LogP contribution in [0.15, 0.2) is 18.2 Å². The van der Waals surface area contributed by atoms with Crippen LogP contribution in [0.4, 0.5) is 0 Å². The Kier molecular flexibility index (Phi) is 7.90. The molecule has 1 aromatic carbocycles. The average molecular weight is 425 g/mol. The van der Waals surface area contributed by atoms with Gasteiger partial charge in [0, 0.05) is 0 Å². The highest BCUT2D eigenvalue weighted by atomic mass is 28.4. The first-order chi connectivity index (χ1) is 12.5. The zero-order chi connectivity index (χ0) is 22.0. The molecule has 0 saturated heterocycles. The summed E-state index contributed by atoms with van der Waals surface area (Å²) in [6.07, 6.45) is 0. The van der Waals surface area contributed by atoms with Crippen LogP contribution in [-0.4, -0.2) is 29.7 Å². The van der Waals surface area contributed by atoms with Gasteiger partial charge in [-0.15, -0.1) is 0 Å². The Balaban J connectivity index is 3.09. The summed E-state index contributed by atoms with van der Waals surface area (Å²) in [6, 6.07) is 5.83. The number of carbonyl (C=O) groups is 1. The molecule has 0 spiro atoms. The molecule has 6 heteroatoms. The molecule has 0 saturated carbocycles. The highest BCUT2D eigenvalue weighted by Crippen LogP contribution is 2.38. The second-order valence-electron chi connectivity index (χ2n) is 10.6. The van der Waals surface area contributed by atoms with Crippen molar-refractivity contribution >= 4 is 22.6 Å². The van der Waals surface area contributed by atoms with E-state index >= 15 is 0 Å². The number of carbonyl (C=O) groups excluding carboxylic acids is 1. The molecule has 0 aromatic heterocycles. The quantitative estimate of drug-likeness (QED) is 0.369. The summed E-state index contributed by atoms with van der Waals surface area (Å²) in [5, 5.41) is 0.280. The van der Waals surface area contributed by atoms with Crippen molar-refractivity contribution in [2.45, 2.75) is 91.0 Å². The topological polar surface area (TPSA) is 44.8 Å². The van der Waals surface area contributed by atoms with E-state index in [1.807, 2.05) is 12.1 Å². The summed E-state index contributed by atoms with van der Waals surface area (Å²) >= 11 is 0. The van der Waals surface area contributed by atoms with Gasteiger partial charge in [0.15, 0.2) is 16.6 Å². The minimum atomic E-state index is -1.87. The molecule has 0 N–H and O–H groups in total. The summed E-state index contributed by atoms with van der Waals surface area (Å²) in [4.78, 5) is 12.2.